The predicted molar refractivity (Wildman–Crippen MR) is 89.0 cm³/mol. The summed E-state index contributed by atoms with van der Waals surface area (Å²) in [4.78, 5) is 23.6. The molecule has 0 fully saturated rings. The molecule has 1 aromatic carbocycles. The molecule has 0 unspecified atom stereocenters. The molecule has 1 N–H and O–H groups in total. The predicted octanol–water partition coefficient (Wildman–Crippen LogP) is 3.99. The summed E-state index contributed by atoms with van der Waals surface area (Å²) in [6.45, 7) is 1.51. The van der Waals surface area contributed by atoms with Crippen LogP contribution < -0.4 is 5.32 Å². The van der Waals surface area contributed by atoms with Crippen molar-refractivity contribution >= 4 is 46.6 Å². The maximum absolute atomic E-state index is 11.9. The molecule has 0 saturated heterocycles. The van der Waals surface area contributed by atoms with Crippen molar-refractivity contribution < 1.29 is 14.3 Å². The van der Waals surface area contributed by atoms with Crippen molar-refractivity contribution in [2.24, 2.45) is 0 Å². The van der Waals surface area contributed by atoms with Gasteiger partial charge in [-0.05, 0) is 53.6 Å². The van der Waals surface area contributed by atoms with Gasteiger partial charge >= 0.3 is 5.97 Å². The third-order valence-corrected chi connectivity index (χ3v) is 3.65. The first-order valence-electron chi connectivity index (χ1n) is 6.52. The number of carbonyl (C=O) groups is 2. The molecule has 0 bridgehead atoms. The van der Waals surface area contributed by atoms with Crippen LogP contribution in [0.1, 0.15) is 12.5 Å². The standard InChI is InChI=1S/C16H14ClNO3S/c1-11(16(20)18-14-4-2-3-13(17)9-14)21-15(19)6-5-12-7-8-22-10-12/h2-11H,1H3,(H,18,20)/b6-5+/t11-/m0/s1. The molecule has 1 aromatic heterocycles. The first-order chi connectivity index (χ1) is 10.5. The highest BCUT2D eigenvalue weighted by atomic mass is 35.5. The smallest absolute Gasteiger partial charge is 0.331 e. The number of rotatable bonds is 5. The zero-order valence-corrected chi connectivity index (χ0v) is 13.4. The van der Waals surface area contributed by atoms with Gasteiger partial charge in [0.15, 0.2) is 6.10 Å². The van der Waals surface area contributed by atoms with Crippen LogP contribution in [0.15, 0.2) is 47.2 Å². The van der Waals surface area contributed by atoms with Gasteiger partial charge in [-0.2, -0.15) is 11.3 Å². The Labute approximate surface area is 137 Å². The van der Waals surface area contributed by atoms with Crippen LogP contribution >= 0.6 is 22.9 Å². The van der Waals surface area contributed by atoms with Crippen LogP contribution in [0.5, 0.6) is 0 Å². The van der Waals surface area contributed by atoms with E-state index in [9.17, 15) is 9.59 Å². The average molecular weight is 336 g/mol. The molecule has 0 spiro atoms. The number of nitrogens with one attached hydrogen (secondary N) is 1. The van der Waals surface area contributed by atoms with Crippen molar-refractivity contribution in [1.82, 2.24) is 0 Å². The molecule has 0 aliphatic rings. The van der Waals surface area contributed by atoms with Crippen LogP contribution in [0.25, 0.3) is 6.08 Å². The summed E-state index contributed by atoms with van der Waals surface area (Å²) in [5.41, 5.74) is 1.46. The molecule has 1 atom stereocenters. The van der Waals surface area contributed by atoms with Gasteiger partial charge in [-0.25, -0.2) is 4.79 Å². The Kier molecular flexibility index (Phi) is 5.75. The van der Waals surface area contributed by atoms with Gasteiger partial charge in [0.2, 0.25) is 0 Å². The van der Waals surface area contributed by atoms with Gasteiger partial charge in [-0.3, -0.25) is 4.79 Å². The van der Waals surface area contributed by atoms with Gasteiger partial charge in [0, 0.05) is 16.8 Å². The number of anilines is 1. The van der Waals surface area contributed by atoms with E-state index in [0.717, 1.165) is 5.56 Å². The van der Waals surface area contributed by atoms with Crippen molar-refractivity contribution in [3.8, 4) is 0 Å². The van der Waals surface area contributed by atoms with Gasteiger partial charge in [0.25, 0.3) is 5.91 Å². The molecule has 0 aliphatic heterocycles. The van der Waals surface area contributed by atoms with E-state index in [0.29, 0.717) is 10.7 Å². The highest BCUT2D eigenvalue weighted by Crippen LogP contribution is 2.15. The average Bonchev–Trinajstić information content (AvgIpc) is 2.98. The fourth-order valence-electron chi connectivity index (χ4n) is 1.61. The van der Waals surface area contributed by atoms with E-state index in [1.54, 1.807) is 30.3 Å². The Morgan fingerprint density at radius 3 is 2.86 bits per heavy atom. The third kappa shape index (κ3) is 5.02. The van der Waals surface area contributed by atoms with E-state index >= 15 is 0 Å². The second kappa shape index (κ2) is 7.77. The molecule has 2 aromatic rings. The summed E-state index contributed by atoms with van der Waals surface area (Å²) in [5, 5.41) is 6.96. The van der Waals surface area contributed by atoms with Gasteiger partial charge in [-0.15, -0.1) is 0 Å². The summed E-state index contributed by atoms with van der Waals surface area (Å²) in [5.74, 6) is -0.987. The zero-order valence-electron chi connectivity index (χ0n) is 11.8. The lowest BCUT2D eigenvalue weighted by atomic mass is 10.3. The number of carbonyl (C=O) groups excluding carboxylic acids is 2. The van der Waals surface area contributed by atoms with Crippen LogP contribution in [0, 0.1) is 0 Å². The molecule has 2 rings (SSSR count). The maximum atomic E-state index is 11.9. The lowest BCUT2D eigenvalue weighted by molar-refractivity contribution is -0.148. The number of thiophene rings is 1. The zero-order chi connectivity index (χ0) is 15.9. The Morgan fingerprint density at radius 2 is 2.18 bits per heavy atom. The molecule has 0 saturated carbocycles. The molecule has 4 nitrogen and oxygen atoms in total. The number of amides is 1. The fraction of sp³-hybridized carbons (Fsp3) is 0.125. The van der Waals surface area contributed by atoms with Gasteiger partial charge in [-0.1, -0.05) is 17.7 Å². The lowest BCUT2D eigenvalue weighted by Crippen LogP contribution is -2.29. The van der Waals surface area contributed by atoms with E-state index < -0.39 is 18.0 Å². The monoisotopic (exact) mass is 335 g/mol. The van der Waals surface area contributed by atoms with Crippen LogP contribution in [-0.4, -0.2) is 18.0 Å². The van der Waals surface area contributed by atoms with E-state index in [1.807, 2.05) is 16.8 Å². The molecule has 0 radical (unpaired) electrons. The van der Waals surface area contributed by atoms with E-state index in [-0.39, 0.29) is 0 Å². The quantitative estimate of drug-likeness (QED) is 0.664. The second-order valence-corrected chi connectivity index (χ2v) is 5.69. The number of halogens is 1. The Balaban J connectivity index is 1.87. The van der Waals surface area contributed by atoms with Crippen molar-refractivity contribution in [3.63, 3.8) is 0 Å². The lowest BCUT2D eigenvalue weighted by Gasteiger charge is -2.12. The molecule has 114 valence electrons. The largest absolute Gasteiger partial charge is 0.449 e. The van der Waals surface area contributed by atoms with Gasteiger partial charge in [0.1, 0.15) is 0 Å². The van der Waals surface area contributed by atoms with E-state index in [1.165, 1.54) is 24.3 Å². The van der Waals surface area contributed by atoms with Crippen molar-refractivity contribution in [1.29, 1.82) is 0 Å². The molecular weight excluding hydrogens is 322 g/mol. The molecule has 1 heterocycles. The number of hydrogen-bond donors (Lipinski definition) is 1. The first kappa shape index (κ1) is 16.3. The minimum absolute atomic E-state index is 0.417. The highest BCUT2D eigenvalue weighted by Gasteiger charge is 2.16. The molecule has 22 heavy (non-hydrogen) atoms. The highest BCUT2D eigenvalue weighted by molar-refractivity contribution is 7.08. The second-order valence-electron chi connectivity index (χ2n) is 4.47. The number of hydrogen-bond acceptors (Lipinski definition) is 4. The van der Waals surface area contributed by atoms with Crippen molar-refractivity contribution in [2.75, 3.05) is 5.32 Å². The van der Waals surface area contributed by atoms with E-state index in [2.05, 4.69) is 5.32 Å². The Morgan fingerprint density at radius 1 is 1.36 bits per heavy atom. The van der Waals surface area contributed by atoms with Crippen LogP contribution in [-0.2, 0) is 14.3 Å². The van der Waals surface area contributed by atoms with E-state index in [4.69, 9.17) is 16.3 Å². The SMILES string of the molecule is C[C@H](OC(=O)/C=C/c1ccsc1)C(=O)Nc1cccc(Cl)c1. The van der Waals surface area contributed by atoms with Crippen molar-refractivity contribution in [2.45, 2.75) is 13.0 Å². The maximum Gasteiger partial charge on any atom is 0.331 e. The summed E-state index contributed by atoms with van der Waals surface area (Å²) in [7, 11) is 0. The molecule has 6 heteroatoms. The minimum atomic E-state index is -0.904. The molecular formula is C16H14ClNO3S. The Hall–Kier alpha value is -2.11. The fourth-order valence-corrected chi connectivity index (χ4v) is 2.43. The Bertz CT molecular complexity index is 682. The number of ether oxygens (including phenoxy) is 1. The first-order valence-corrected chi connectivity index (χ1v) is 7.84. The summed E-state index contributed by atoms with van der Waals surface area (Å²) >= 11 is 7.37. The summed E-state index contributed by atoms with van der Waals surface area (Å²) in [6, 6.07) is 8.62. The van der Waals surface area contributed by atoms with Gasteiger partial charge < -0.3 is 10.1 Å². The van der Waals surface area contributed by atoms with Crippen LogP contribution in [0.3, 0.4) is 0 Å². The number of benzene rings is 1. The van der Waals surface area contributed by atoms with Crippen LogP contribution in [0.4, 0.5) is 5.69 Å². The van der Waals surface area contributed by atoms with Gasteiger partial charge in [0.05, 0.1) is 0 Å². The molecule has 0 aliphatic carbocycles. The summed E-state index contributed by atoms with van der Waals surface area (Å²) in [6.07, 6.45) is 2.03. The van der Waals surface area contributed by atoms with Crippen LogP contribution in [0.2, 0.25) is 5.02 Å². The van der Waals surface area contributed by atoms with Crippen molar-refractivity contribution in [3.05, 3.63) is 57.8 Å². The topological polar surface area (TPSA) is 55.4 Å². The number of esters is 1. The molecule has 1 amide bonds. The third-order valence-electron chi connectivity index (χ3n) is 2.71. The normalized spacial score (nSPS) is 12.1. The summed E-state index contributed by atoms with van der Waals surface area (Å²) < 4.78 is 5.05. The minimum Gasteiger partial charge on any atom is -0.449 e.